The van der Waals surface area contributed by atoms with Crippen molar-refractivity contribution in [3.63, 3.8) is 0 Å². The Bertz CT molecular complexity index is 528. The topological polar surface area (TPSA) is 35.2 Å². The Morgan fingerprint density at radius 3 is 2.50 bits per heavy atom. The smallest absolute Gasteiger partial charge is 0.131 e. The van der Waals surface area contributed by atoms with Crippen molar-refractivity contribution in [1.82, 2.24) is 0 Å². The third-order valence-corrected chi connectivity index (χ3v) is 3.12. The molecule has 0 fully saturated rings. The van der Waals surface area contributed by atoms with Gasteiger partial charge in [-0.1, -0.05) is 34.1 Å². The monoisotopic (exact) mass is 309 g/mol. The molecular weight excluding hydrogens is 297 g/mol. The molecule has 0 bridgehead atoms. The first-order valence-electron chi connectivity index (χ1n) is 5.55. The van der Waals surface area contributed by atoms with Gasteiger partial charge in [-0.3, -0.25) is 0 Å². The highest BCUT2D eigenvalue weighted by Gasteiger charge is 2.07. The summed E-state index contributed by atoms with van der Waals surface area (Å²) in [6.45, 7) is 0.520. The number of ether oxygens (including phenoxy) is 1. The number of benzene rings is 2. The molecular formula is C14H13BrFNO. The molecule has 2 N–H and O–H groups in total. The maximum absolute atomic E-state index is 13.5. The van der Waals surface area contributed by atoms with Crippen LogP contribution in [-0.4, -0.2) is 0 Å². The summed E-state index contributed by atoms with van der Waals surface area (Å²) in [4.78, 5) is 0. The Hall–Kier alpha value is -1.39. The van der Waals surface area contributed by atoms with Crippen LogP contribution in [0, 0.1) is 5.82 Å². The zero-order chi connectivity index (χ0) is 13.0. The second-order valence-electron chi connectivity index (χ2n) is 3.84. The van der Waals surface area contributed by atoms with E-state index in [1.54, 1.807) is 12.1 Å². The largest absolute Gasteiger partial charge is 0.488 e. The summed E-state index contributed by atoms with van der Waals surface area (Å²) in [5.74, 6) is 0.172. The van der Waals surface area contributed by atoms with Gasteiger partial charge in [0.15, 0.2) is 0 Å². The van der Waals surface area contributed by atoms with Gasteiger partial charge in [-0.25, -0.2) is 4.39 Å². The van der Waals surface area contributed by atoms with Crippen LogP contribution in [0.2, 0.25) is 0 Å². The van der Waals surface area contributed by atoms with Crippen LogP contribution in [0.4, 0.5) is 4.39 Å². The van der Waals surface area contributed by atoms with Gasteiger partial charge < -0.3 is 10.5 Å². The summed E-state index contributed by atoms with van der Waals surface area (Å²) in [5, 5.41) is 0. The molecule has 0 aliphatic carbocycles. The van der Waals surface area contributed by atoms with Crippen molar-refractivity contribution >= 4 is 15.9 Å². The molecule has 0 aromatic heterocycles. The second-order valence-corrected chi connectivity index (χ2v) is 4.75. The molecule has 0 spiro atoms. The molecule has 0 radical (unpaired) electrons. The van der Waals surface area contributed by atoms with Gasteiger partial charge in [0, 0.05) is 16.6 Å². The molecule has 0 amide bonds. The number of hydrogen-bond donors (Lipinski definition) is 1. The average molecular weight is 310 g/mol. The lowest BCUT2D eigenvalue weighted by atomic mass is 10.2. The SMILES string of the molecule is NCc1c(F)cccc1OCc1ccc(Br)cc1. The van der Waals surface area contributed by atoms with E-state index in [1.807, 2.05) is 24.3 Å². The molecule has 94 valence electrons. The molecule has 0 heterocycles. The summed E-state index contributed by atoms with van der Waals surface area (Å²) in [7, 11) is 0. The van der Waals surface area contributed by atoms with Crippen molar-refractivity contribution in [3.05, 3.63) is 63.9 Å². The summed E-state index contributed by atoms with van der Waals surface area (Å²) < 4.78 is 20.1. The van der Waals surface area contributed by atoms with Crippen molar-refractivity contribution in [2.24, 2.45) is 5.73 Å². The van der Waals surface area contributed by atoms with Crippen LogP contribution >= 0.6 is 15.9 Å². The van der Waals surface area contributed by atoms with Gasteiger partial charge in [0.2, 0.25) is 0 Å². The third-order valence-electron chi connectivity index (χ3n) is 2.59. The fraction of sp³-hybridized carbons (Fsp3) is 0.143. The Morgan fingerprint density at radius 2 is 1.83 bits per heavy atom. The van der Waals surface area contributed by atoms with E-state index in [-0.39, 0.29) is 12.4 Å². The Morgan fingerprint density at radius 1 is 1.11 bits per heavy atom. The zero-order valence-electron chi connectivity index (χ0n) is 9.70. The van der Waals surface area contributed by atoms with E-state index >= 15 is 0 Å². The van der Waals surface area contributed by atoms with Crippen LogP contribution in [0.25, 0.3) is 0 Å². The molecule has 0 atom stereocenters. The van der Waals surface area contributed by atoms with Gasteiger partial charge in [-0.15, -0.1) is 0 Å². The lowest BCUT2D eigenvalue weighted by molar-refractivity contribution is 0.300. The number of halogens is 2. The van der Waals surface area contributed by atoms with Crippen molar-refractivity contribution < 1.29 is 9.13 Å². The van der Waals surface area contributed by atoms with Crippen LogP contribution < -0.4 is 10.5 Å². The van der Waals surface area contributed by atoms with E-state index in [4.69, 9.17) is 10.5 Å². The quantitative estimate of drug-likeness (QED) is 0.936. The minimum Gasteiger partial charge on any atom is -0.488 e. The van der Waals surface area contributed by atoms with Crippen molar-refractivity contribution in [2.75, 3.05) is 0 Å². The Balaban J connectivity index is 2.10. The van der Waals surface area contributed by atoms with Gasteiger partial charge in [0.05, 0.1) is 0 Å². The summed E-state index contributed by atoms with van der Waals surface area (Å²) in [6, 6.07) is 12.5. The van der Waals surface area contributed by atoms with Crippen LogP contribution in [0.1, 0.15) is 11.1 Å². The highest BCUT2D eigenvalue weighted by molar-refractivity contribution is 9.10. The molecule has 0 aliphatic heterocycles. The summed E-state index contributed by atoms with van der Waals surface area (Å²) in [6.07, 6.45) is 0. The first kappa shape index (κ1) is 13.1. The maximum atomic E-state index is 13.5. The molecule has 0 saturated heterocycles. The zero-order valence-corrected chi connectivity index (χ0v) is 11.3. The third kappa shape index (κ3) is 3.09. The Kier molecular flexibility index (Phi) is 4.33. The molecule has 4 heteroatoms. The van der Waals surface area contributed by atoms with Crippen LogP contribution in [-0.2, 0) is 13.2 Å². The standard InChI is InChI=1S/C14H13BrFNO/c15-11-6-4-10(5-7-11)9-18-14-3-1-2-13(16)12(14)8-17/h1-7H,8-9,17H2. The minimum atomic E-state index is -0.328. The lowest BCUT2D eigenvalue weighted by Gasteiger charge is -2.11. The van der Waals surface area contributed by atoms with E-state index < -0.39 is 0 Å². The predicted molar refractivity (Wildman–Crippen MR) is 72.8 cm³/mol. The number of rotatable bonds is 4. The fourth-order valence-electron chi connectivity index (χ4n) is 1.61. The summed E-state index contributed by atoms with van der Waals surface area (Å²) >= 11 is 3.37. The van der Waals surface area contributed by atoms with Crippen molar-refractivity contribution in [1.29, 1.82) is 0 Å². The van der Waals surface area contributed by atoms with Crippen molar-refractivity contribution in [3.8, 4) is 5.75 Å². The van der Waals surface area contributed by atoms with Crippen LogP contribution in [0.5, 0.6) is 5.75 Å². The molecule has 18 heavy (non-hydrogen) atoms. The molecule has 2 aromatic rings. The molecule has 0 aliphatic rings. The van der Waals surface area contributed by atoms with Crippen LogP contribution in [0.3, 0.4) is 0 Å². The normalized spacial score (nSPS) is 10.4. The lowest BCUT2D eigenvalue weighted by Crippen LogP contribution is -2.05. The van der Waals surface area contributed by atoms with E-state index in [0.717, 1.165) is 10.0 Å². The predicted octanol–water partition coefficient (Wildman–Crippen LogP) is 3.63. The van der Waals surface area contributed by atoms with Gasteiger partial charge in [0.25, 0.3) is 0 Å². The minimum absolute atomic E-state index is 0.127. The highest BCUT2D eigenvalue weighted by atomic mass is 79.9. The highest BCUT2D eigenvalue weighted by Crippen LogP contribution is 2.22. The van der Waals surface area contributed by atoms with E-state index in [9.17, 15) is 4.39 Å². The molecule has 2 rings (SSSR count). The van der Waals surface area contributed by atoms with Crippen LogP contribution in [0.15, 0.2) is 46.9 Å². The van der Waals surface area contributed by atoms with Crippen molar-refractivity contribution in [2.45, 2.75) is 13.2 Å². The summed E-state index contributed by atoms with van der Waals surface area (Å²) in [5.41, 5.74) is 6.94. The van der Waals surface area contributed by atoms with Gasteiger partial charge >= 0.3 is 0 Å². The first-order chi connectivity index (χ1) is 8.70. The Labute approximate surface area is 114 Å². The van der Waals surface area contributed by atoms with E-state index in [2.05, 4.69) is 15.9 Å². The van der Waals surface area contributed by atoms with Gasteiger partial charge in [-0.05, 0) is 29.8 Å². The van der Waals surface area contributed by atoms with Gasteiger partial charge in [0.1, 0.15) is 18.2 Å². The average Bonchev–Trinajstić information content (AvgIpc) is 2.38. The van der Waals surface area contributed by atoms with Gasteiger partial charge in [-0.2, -0.15) is 0 Å². The molecule has 2 nitrogen and oxygen atoms in total. The van der Waals surface area contributed by atoms with E-state index in [1.165, 1.54) is 6.07 Å². The maximum Gasteiger partial charge on any atom is 0.131 e. The van der Waals surface area contributed by atoms with E-state index in [0.29, 0.717) is 17.9 Å². The second kappa shape index (κ2) is 5.98. The number of hydrogen-bond acceptors (Lipinski definition) is 2. The molecule has 0 saturated carbocycles. The first-order valence-corrected chi connectivity index (χ1v) is 6.34. The number of nitrogens with two attached hydrogens (primary N) is 1. The molecule has 2 aromatic carbocycles. The fourth-order valence-corrected chi connectivity index (χ4v) is 1.88. The molecule has 0 unspecified atom stereocenters.